The molecule has 7 heterocycles. The third-order valence-corrected chi connectivity index (χ3v) is 15.7. The summed E-state index contributed by atoms with van der Waals surface area (Å²) in [6.45, 7) is 15.6. The van der Waals surface area contributed by atoms with Crippen molar-refractivity contribution in [2.24, 2.45) is 29.1 Å². The van der Waals surface area contributed by atoms with Crippen molar-refractivity contribution in [3.63, 3.8) is 0 Å². The van der Waals surface area contributed by atoms with Crippen LogP contribution in [-0.4, -0.2) is 108 Å². The lowest BCUT2D eigenvalue weighted by Gasteiger charge is -2.35. The fourth-order valence-corrected chi connectivity index (χ4v) is 11.9. The zero-order valence-electron chi connectivity index (χ0n) is 35.0. The number of pyridine rings is 1. The van der Waals surface area contributed by atoms with Crippen LogP contribution in [0.4, 0.5) is 5.69 Å². The molecule has 5 aliphatic rings. The molecule has 4 fully saturated rings. The van der Waals surface area contributed by atoms with Crippen LogP contribution >= 0.6 is 34.3 Å². The summed E-state index contributed by atoms with van der Waals surface area (Å²) < 4.78 is 14.5. The standard InChI is InChI=1S/C43H55ClN8O5S2/c1-8-51-37(28-15-25(18-45-35(28)23(3)56-7)50-11-9-49(6)10-12-50)29-17-43(4,5)21-57-42(55)36-27-14-24(27)19-52(48-36)40(54)30(47-39(53)26-13-22(26)2)16-32-46-31(20-58-32)38-34(44)33(29)41(51)59-38/h15,18,20,22-24,26-27,30,36,48H,8-14,16-17,19,21H2,1-7H3,(H,47,53). The number of aromatic nitrogens is 3. The van der Waals surface area contributed by atoms with Crippen molar-refractivity contribution >= 4 is 68.0 Å². The maximum absolute atomic E-state index is 14.3. The van der Waals surface area contributed by atoms with Crippen LogP contribution in [0.25, 0.3) is 32.0 Å². The fourth-order valence-electron chi connectivity index (χ4n) is 9.25. The minimum Gasteiger partial charge on any atom is -0.464 e. The molecule has 6 bridgehead atoms. The Kier molecular flexibility index (Phi) is 10.9. The SMILES string of the molecule is CCn1c(-c2cc(N3CCN(C)CC3)cnc2C(C)OC)c2c3c(Cl)c(sc31)-c1csc(n1)CC(NC(=O)C1CC1C)C(=O)N1CC3CC3C(N1)C(=O)OCC(C)(C)C2. The van der Waals surface area contributed by atoms with Crippen LogP contribution in [0.3, 0.4) is 0 Å². The number of hydrogen-bond donors (Lipinski definition) is 2. The molecule has 9 rings (SSSR count). The van der Waals surface area contributed by atoms with Crippen LogP contribution in [0.5, 0.6) is 0 Å². The van der Waals surface area contributed by atoms with E-state index < -0.39 is 17.5 Å². The second-order valence-corrected chi connectivity index (χ2v) is 20.5. The first-order chi connectivity index (χ1) is 28.2. The van der Waals surface area contributed by atoms with Crippen molar-refractivity contribution in [3.8, 4) is 21.8 Å². The van der Waals surface area contributed by atoms with E-state index in [9.17, 15) is 14.4 Å². The van der Waals surface area contributed by atoms with Gasteiger partial charge < -0.3 is 29.2 Å². The largest absolute Gasteiger partial charge is 0.464 e. The molecule has 4 aromatic rings. The fraction of sp³-hybridized carbons (Fsp3) is 0.605. The summed E-state index contributed by atoms with van der Waals surface area (Å²) in [7, 11) is 3.88. The molecule has 4 aromatic heterocycles. The number of methoxy groups -OCH3 is 1. The molecule has 2 N–H and O–H groups in total. The van der Waals surface area contributed by atoms with E-state index in [2.05, 4.69) is 59.0 Å². The van der Waals surface area contributed by atoms with E-state index in [1.807, 2.05) is 25.4 Å². The number of fused-ring (bicyclic) bond motifs is 8. The van der Waals surface area contributed by atoms with Crippen LogP contribution in [0.1, 0.15) is 69.8 Å². The number of rotatable bonds is 7. The minimum absolute atomic E-state index is 0.0938. The lowest BCUT2D eigenvalue weighted by atomic mass is 9.84. The zero-order chi connectivity index (χ0) is 41.5. The summed E-state index contributed by atoms with van der Waals surface area (Å²) in [4.78, 5) is 58.5. The number of ether oxygens (including phenoxy) is 2. The minimum atomic E-state index is -0.845. The maximum atomic E-state index is 14.3. The zero-order valence-corrected chi connectivity index (χ0v) is 37.4. The highest BCUT2D eigenvalue weighted by Gasteiger charge is 2.53. The Hall–Kier alpha value is -3.60. The predicted molar refractivity (Wildman–Crippen MR) is 232 cm³/mol. The highest BCUT2D eigenvalue weighted by atomic mass is 35.5. The summed E-state index contributed by atoms with van der Waals surface area (Å²) >= 11 is 10.7. The van der Waals surface area contributed by atoms with Gasteiger partial charge >= 0.3 is 5.97 Å². The van der Waals surface area contributed by atoms with Gasteiger partial charge in [-0.2, -0.15) is 0 Å². The molecule has 0 radical (unpaired) electrons. The third-order valence-electron chi connectivity index (χ3n) is 13.1. The molecule has 0 spiro atoms. The number of thiazole rings is 1. The number of aryl methyl sites for hydroxylation is 1. The number of nitrogens with one attached hydrogen (secondary N) is 2. The number of carbonyl (C=O) groups is 3. The van der Waals surface area contributed by atoms with Crippen molar-refractivity contribution in [1.29, 1.82) is 0 Å². The molecule has 2 saturated carbocycles. The number of amides is 2. The van der Waals surface area contributed by atoms with Crippen molar-refractivity contribution in [3.05, 3.63) is 38.9 Å². The Balaban J connectivity index is 1.18. The summed E-state index contributed by atoms with van der Waals surface area (Å²) in [5.74, 6) is -0.276. The summed E-state index contributed by atoms with van der Waals surface area (Å²) in [5, 5.41) is 8.93. The molecule has 13 nitrogen and oxygen atoms in total. The molecule has 3 aliphatic heterocycles. The molecular formula is C43H55ClN8O5S2. The Bertz CT molecular complexity index is 2300. The van der Waals surface area contributed by atoms with Crippen LogP contribution in [0.15, 0.2) is 17.6 Å². The van der Waals surface area contributed by atoms with Gasteiger partial charge in [-0.3, -0.25) is 24.4 Å². The Morgan fingerprint density at radius 1 is 1.20 bits per heavy atom. The number of thiophene rings is 1. The number of hydrogen-bond acceptors (Lipinski definition) is 12. The first-order valence-electron chi connectivity index (χ1n) is 21.0. The van der Waals surface area contributed by atoms with Crippen LogP contribution < -0.4 is 15.6 Å². The van der Waals surface area contributed by atoms with Crippen molar-refractivity contribution < 1.29 is 23.9 Å². The average Bonchev–Trinajstić information content (AvgIpc) is 4.04. The normalized spacial score (nSPS) is 27.6. The first-order valence-corrected chi connectivity index (χ1v) is 23.1. The van der Waals surface area contributed by atoms with Gasteiger partial charge in [-0.05, 0) is 69.5 Å². The quantitative estimate of drug-likeness (QED) is 0.208. The van der Waals surface area contributed by atoms with E-state index in [0.29, 0.717) is 24.5 Å². The smallest absolute Gasteiger partial charge is 0.325 e. The van der Waals surface area contributed by atoms with Crippen molar-refractivity contribution in [1.82, 2.24) is 35.2 Å². The molecule has 2 amide bonds. The van der Waals surface area contributed by atoms with Gasteiger partial charge in [-0.25, -0.2) is 10.4 Å². The van der Waals surface area contributed by atoms with E-state index in [1.54, 1.807) is 23.5 Å². The highest BCUT2D eigenvalue weighted by molar-refractivity contribution is 7.23. The number of piperazine rings is 1. The Labute approximate surface area is 358 Å². The van der Waals surface area contributed by atoms with Gasteiger partial charge in [0.2, 0.25) is 5.91 Å². The van der Waals surface area contributed by atoms with E-state index in [0.717, 1.165) is 93.0 Å². The van der Waals surface area contributed by atoms with E-state index in [-0.39, 0.29) is 60.6 Å². The third kappa shape index (κ3) is 7.69. The number of halogens is 1. The van der Waals surface area contributed by atoms with Gasteiger partial charge in [0.1, 0.15) is 16.9 Å². The molecular weight excluding hydrogens is 808 g/mol. The molecule has 2 saturated heterocycles. The summed E-state index contributed by atoms with van der Waals surface area (Å²) in [5.41, 5.74) is 8.53. The van der Waals surface area contributed by atoms with Crippen LogP contribution in [0, 0.1) is 29.1 Å². The number of hydrazine groups is 1. The second kappa shape index (κ2) is 15.7. The summed E-state index contributed by atoms with van der Waals surface area (Å²) in [6, 6.07) is 0.775. The van der Waals surface area contributed by atoms with Crippen molar-refractivity contribution in [2.45, 2.75) is 85.0 Å². The Morgan fingerprint density at radius 3 is 2.68 bits per heavy atom. The second-order valence-electron chi connectivity index (χ2n) is 18.2. The molecule has 7 unspecified atom stereocenters. The average molecular weight is 864 g/mol. The highest BCUT2D eigenvalue weighted by Crippen LogP contribution is 2.51. The van der Waals surface area contributed by atoms with Crippen LogP contribution in [-0.2, 0) is 43.2 Å². The molecule has 59 heavy (non-hydrogen) atoms. The lowest BCUT2D eigenvalue weighted by Crippen LogP contribution is -2.61. The van der Waals surface area contributed by atoms with Gasteiger partial charge in [0.15, 0.2) is 0 Å². The number of cyclic esters (lactones) is 1. The lowest BCUT2D eigenvalue weighted by molar-refractivity contribution is -0.156. The first kappa shape index (κ1) is 40.8. The number of nitrogens with zero attached hydrogens (tertiary/aromatic N) is 6. The Morgan fingerprint density at radius 2 is 1.97 bits per heavy atom. The van der Waals surface area contributed by atoms with Gasteiger partial charge in [0.05, 0.1) is 56.6 Å². The van der Waals surface area contributed by atoms with E-state index >= 15 is 0 Å². The van der Waals surface area contributed by atoms with E-state index in [4.69, 9.17) is 31.0 Å². The number of esters is 1. The predicted octanol–water partition coefficient (Wildman–Crippen LogP) is 6.18. The number of carbonyl (C=O) groups excluding carboxylic acids is 3. The van der Waals surface area contributed by atoms with Gasteiger partial charge in [-0.1, -0.05) is 32.4 Å². The molecule has 16 heteroatoms. The van der Waals surface area contributed by atoms with Gasteiger partial charge in [0, 0.05) is 80.5 Å². The number of likely N-dealkylation sites (N-methyl/N-ethyl adjacent to an activating group) is 1. The van der Waals surface area contributed by atoms with Gasteiger partial charge in [0.25, 0.3) is 5.91 Å². The molecule has 0 aromatic carbocycles. The molecule has 316 valence electrons. The number of anilines is 1. The van der Waals surface area contributed by atoms with Crippen LogP contribution in [0.2, 0.25) is 5.02 Å². The molecule has 2 aliphatic carbocycles. The van der Waals surface area contributed by atoms with Gasteiger partial charge in [-0.15, -0.1) is 22.7 Å². The topological polar surface area (TPSA) is 134 Å². The van der Waals surface area contributed by atoms with E-state index in [1.165, 1.54) is 11.3 Å². The monoisotopic (exact) mass is 862 g/mol. The van der Waals surface area contributed by atoms with Crippen molar-refractivity contribution in [2.75, 3.05) is 58.4 Å². The molecule has 7 atom stereocenters. The maximum Gasteiger partial charge on any atom is 0.325 e. The summed E-state index contributed by atoms with van der Waals surface area (Å²) in [6.07, 6.45) is 4.13.